The van der Waals surface area contributed by atoms with Crippen molar-refractivity contribution in [1.29, 1.82) is 0 Å². The Hall–Kier alpha value is -4.97. The van der Waals surface area contributed by atoms with Crippen molar-refractivity contribution in [1.82, 2.24) is 0 Å². The Kier molecular flexibility index (Phi) is 62.4. The maximum absolute atomic E-state index is 12.9. The molecule has 0 rings (SSSR count). The molecular formula is C74H118O6. The molecule has 0 saturated carbocycles. The standard InChI is InChI=1S/C74H118O6/c1-4-7-10-13-16-19-22-25-27-29-31-32-33-34-35-36-37-38-39-40-41-42-44-45-47-49-52-55-58-61-64-67-73(76)79-70-71(69-78-72(75)66-63-60-57-54-51-24-21-18-15-12-9-6-3)80-74(77)68-65-62-59-56-53-50-48-46-43-30-28-26-23-20-17-14-11-8-5-2/h7-8,10-11,16-21,25-28,31-32,34-35,37-38,40-41,43,46,50,53,71H,4-6,9,12-15,22-24,29-30,33,36,39,42,44-45,47-49,51-52,54-70H2,1-3H3/b10-7-,11-8-,19-16-,20-17-,21-18-,27-25-,28-26-,32-31-,35-34-,38-37-,41-40-,46-43-,53-50-. The van der Waals surface area contributed by atoms with Crippen LogP contribution < -0.4 is 0 Å². The fourth-order valence-electron chi connectivity index (χ4n) is 8.44. The first-order valence-electron chi connectivity index (χ1n) is 32.5. The van der Waals surface area contributed by atoms with Crippen molar-refractivity contribution >= 4 is 17.9 Å². The lowest BCUT2D eigenvalue weighted by molar-refractivity contribution is -0.167. The molecule has 80 heavy (non-hydrogen) atoms. The van der Waals surface area contributed by atoms with Gasteiger partial charge in [0.05, 0.1) is 0 Å². The number of hydrogen-bond donors (Lipinski definition) is 0. The lowest BCUT2D eigenvalue weighted by Gasteiger charge is -2.18. The van der Waals surface area contributed by atoms with E-state index in [1.165, 1.54) is 70.6 Å². The van der Waals surface area contributed by atoms with Gasteiger partial charge in [-0.3, -0.25) is 14.4 Å². The van der Waals surface area contributed by atoms with Crippen LogP contribution in [-0.4, -0.2) is 37.2 Å². The number of allylic oxidation sites excluding steroid dienone is 26. The number of rotatable bonds is 57. The second kappa shape index (κ2) is 66.5. The Morgan fingerprint density at radius 2 is 0.487 bits per heavy atom. The van der Waals surface area contributed by atoms with Crippen LogP contribution in [0.2, 0.25) is 0 Å². The van der Waals surface area contributed by atoms with Crippen molar-refractivity contribution in [2.45, 2.75) is 277 Å². The largest absolute Gasteiger partial charge is 0.462 e. The maximum Gasteiger partial charge on any atom is 0.306 e. The zero-order valence-electron chi connectivity index (χ0n) is 51.5. The monoisotopic (exact) mass is 1100 g/mol. The first kappa shape index (κ1) is 75.0. The van der Waals surface area contributed by atoms with Gasteiger partial charge in [0.1, 0.15) is 13.2 Å². The summed E-state index contributed by atoms with van der Waals surface area (Å²) < 4.78 is 16.9. The van der Waals surface area contributed by atoms with E-state index in [9.17, 15) is 14.4 Å². The van der Waals surface area contributed by atoms with E-state index in [-0.39, 0.29) is 37.5 Å². The molecule has 1 unspecified atom stereocenters. The predicted molar refractivity (Wildman–Crippen MR) is 348 cm³/mol. The predicted octanol–water partition coefficient (Wildman–Crippen LogP) is 22.5. The molecule has 0 spiro atoms. The Labute approximate surface area is 492 Å². The molecule has 0 aromatic rings. The van der Waals surface area contributed by atoms with Crippen LogP contribution in [0.1, 0.15) is 271 Å². The summed E-state index contributed by atoms with van der Waals surface area (Å²) in [7, 11) is 0. The highest BCUT2D eigenvalue weighted by molar-refractivity contribution is 5.71. The highest BCUT2D eigenvalue weighted by atomic mass is 16.6. The van der Waals surface area contributed by atoms with Crippen LogP contribution in [0.15, 0.2) is 158 Å². The van der Waals surface area contributed by atoms with E-state index < -0.39 is 6.10 Å². The van der Waals surface area contributed by atoms with Gasteiger partial charge in [-0.1, -0.05) is 262 Å². The van der Waals surface area contributed by atoms with Crippen molar-refractivity contribution in [3.8, 4) is 0 Å². The van der Waals surface area contributed by atoms with Crippen LogP contribution in [0.4, 0.5) is 0 Å². The highest BCUT2D eigenvalue weighted by Crippen LogP contribution is 2.14. The summed E-state index contributed by atoms with van der Waals surface area (Å²) >= 11 is 0. The highest BCUT2D eigenvalue weighted by Gasteiger charge is 2.19. The molecule has 0 N–H and O–H groups in total. The molecule has 0 aliphatic rings. The van der Waals surface area contributed by atoms with E-state index in [2.05, 4.69) is 179 Å². The van der Waals surface area contributed by atoms with Crippen LogP contribution in [0, 0.1) is 0 Å². The van der Waals surface area contributed by atoms with Gasteiger partial charge in [-0.2, -0.15) is 0 Å². The molecule has 1 atom stereocenters. The number of carbonyl (C=O) groups is 3. The first-order valence-corrected chi connectivity index (χ1v) is 32.5. The Morgan fingerprint density at radius 3 is 0.787 bits per heavy atom. The molecule has 0 aliphatic carbocycles. The van der Waals surface area contributed by atoms with Gasteiger partial charge in [-0.05, 0) is 148 Å². The number of unbranched alkanes of at least 4 members (excludes halogenated alkanes) is 20. The number of carbonyl (C=O) groups excluding carboxylic acids is 3. The first-order chi connectivity index (χ1) is 39.5. The summed E-state index contributed by atoms with van der Waals surface area (Å²) in [5.41, 5.74) is 0. The molecular weight excluding hydrogens is 985 g/mol. The molecule has 0 aliphatic heterocycles. The van der Waals surface area contributed by atoms with Gasteiger partial charge in [0.25, 0.3) is 0 Å². The van der Waals surface area contributed by atoms with E-state index in [1.54, 1.807) is 0 Å². The Balaban J connectivity index is 4.35. The van der Waals surface area contributed by atoms with Crippen LogP contribution in [-0.2, 0) is 28.6 Å². The zero-order chi connectivity index (χ0) is 57.8. The molecule has 0 amide bonds. The van der Waals surface area contributed by atoms with E-state index in [4.69, 9.17) is 14.2 Å². The van der Waals surface area contributed by atoms with E-state index >= 15 is 0 Å². The zero-order valence-corrected chi connectivity index (χ0v) is 51.5. The van der Waals surface area contributed by atoms with Gasteiger partial charge in [0.2, 0.25) is 0 Å². The van der Waals surface area contributed by atoms with E-state index in [1.807, 2.05) is 0 Å². The van der Waals surface area contributed by atoms with Crippen LogP contribution in [0.25, 0.3) is 0 Å². The number of ether oxygens (including phenoxy) is 3. The summed E-state index contributed by atoms with van der Waals surface area (Å²) in [5, 5.41) is 0. The molecule has 0 saturated heterocycles. The minimum absolute atomic E-state index is 0.103. The summed E-state index contributed by atoms with van der Waals surface area (Å²) in [6, 6.07) is 0. The summed E-state index contributed by atoms with van der Waals surface area (Å²) in [6.45, 7) is 6.34. The van der Waals surface area contributed by atoms with Crippen molar-refractivity contribution in [2.24, 2.45) is 0 Å². The summed E-state index contributed by atoms with van der Waals surface area (Å²) in [5.74, 6) is -0.953. The second-order valence-corrected chi connectivity index (χ2v) is 20.9. The van der Waals surface area contributed by atoms with Crippen molar-refractivity contribution in [3.05, 3.63) is 158 Å². The van der Waals surface area contributed by atoms with Crippen molar-refractivity contribution in [3.63, 3.8) is 0 Å². The fraction of sp³-hybridized carbons (Fsp3) is 0.608. The van der Waals surface area contributed by atoms with Gasteiger partial charge in [-0.15, -0.1) is 0 Å². The average Bonchev–Trinajstić information content (AvgIpc) is 3.46. The fourth-order valence-corrected chi connectivity index (χ4v) is 8.44. The third kappa shape index (κ3) is 63.9. The lowest BCUT2D eigenvalue weighted by Crippen LogP contribution is -2.30. The minimum atomic E-state index is -0.809. The average molecular weight is 1100 g/mol. The molecule has 450 valence electrons. The van der Waals surface area contributed by atoms with Crippen molar-refractivity contribution in [2.75, 3.05) is 13.2 Å². The molecule has 0 heterocycles. The van der Waals surface area contributed by atoms with Gasteiger partial charge in [0, 0.05) is 19.3 Å². The third-order valence-corrected chi connectivity index (χ3v) is 13.2. The molecule has 0 aromatic heterocycles. The number of esters is 3. The lowest BCUT2D eigenvalue weighted by atomic mass is 10.1. The molecule has 0 aromatic carbocycles. The molecule has 0 fully saturated rings. The van der Waals surface area contributed by atoms with Crippen LogP contribution in [0.3, 0.4) is 0 Å². The topological polar surface area (TPSA) is 78.9 Å². The molecule has 0 radical (unpaired) electrons. The maximum atomic E-state index is 12.9. The Morgan fingerprint density at radius 1 is 0.263 bits per heavy atom. The minimum Gasteiger partial charge on any atom is -0.462 e. The van der Waals surface area contributed by atoms with E-state index in [0.29, 0.717) is 12.8 Å². The van der Waals surface area contributed by atoms with Crippen molar-refractivity contribution < 1.29 is 28.6 Å². The van der Waals surface area contributed by atoms with Gasteiger partial charge in [0.15, 0.2) is 6.10 Å². The van der Waals surface area contributed by atoms with Gasteiger partial charge in [-0.25, -0.2) is 0 Å². The third-order valence-electron chi connectivity index (χ3n) is 13.2. The summed E-state index contributed by atoms with van der Waals surface area (Å²) in [4.78, 5) is 38.3. The smallest absolute Gasteiger partial charge is 0.306 e. The van der Waals surface area contributed by atoms with Gasteiger partial charge < -0.3 is 14.2 Å². The second-order valence-electron chi connectivity index (χ2n) is 20.9. The van der Waals surface area contributed by atoms with Gasteiger partial charge >= 0.3 is 17.9 Å². The molecule has 0 bridgehead atoms. The molecule has 6 nitrogen and oxygen atoms in total. The normalized spacial score (nSPS) is 13.2. The SMILES string of the molecule is CC/C=C\C/C=C\C/C=C\C/C=C\C/C=C\C/C=C\C/C=C\CCCCCCCCCCCC(=O)OCC(COC(=O)CCCCCCC/C=C\CCCCC)OC(=O)CCCCC/C=C\C/C=C\C/C=C\C/C=C\C/C=C\CC. The van der Waals surface area contributed by atoms with Crippen LogP contribution in [0.5, 0.6) is 0 Å². The van der Waals surface area contributed by atoms with Crippen LogP contribution >= 0.6 is 0 Å². The van der Waals surface area contributed by atoms with E-state index in [0.717, 1.165) is 161 Å². The quantitative estimate of drug-likeness (QED) is 0.0261. The summed E-state index contributed by atoms with van der Waals surface area (Å²) in [6.07, 6.45) is 96.8. The number of hydrogen-bond acceptors (Lipinski definition) is 6. The Bertz CT molecular complexity index is 1790. The molecule has 6 heteroatoms.